The highest BCUT2D eigenvalue weighted by Crippen LogP contribution is 2.19. The van der Waals surface area contributed by atoms with Gasteiger partial charge in [-0.1, -0.05) is 6.92 Å². The van der Waals surface area contributed by atoms with E-state index in [2.05, 4.69) is 10.3 Å². The summed E-state index contributed by atoms with van der Waals surface area (Å²) in [5, 5.41) is 13.6. The molecule has 0 aliphatic rings. The molecule has 0 unspecified atom stereocenters. The molecule has 0 saturated carbocycles. The van der Waals surface area contributed by atoms with Crippen LogP contribution >= 0.6 is 0 Å². The summed E-state index contributed by atoms with van der Waals surface area (Å²) < 4.78 is 4.84. The molecule has 0 aliphatic heterocycles. The Morgan fingerprint density at radius 1 is 1.29 bits per heavy atom. The first-order valence-electron chi connectivity index (χ1n) is 7.19. The molecule has 3 aromatic rings. The molecule has 0 aliphatic carbocycles. The number of carbonyl (C=O) groups is 1. The first-order valence-corrected chi connectivity index (χ1v) is 7.19. The van der Waals surface area contributed by atoms with Crippen LogP contribution in [0.3, 0.4) is 0 Å². The maximum absolute atomic E-state index is 12.1. The number of H-pyrrole nitrogens is 1. The smallest absolute Gasteiger partial charge is 0.395 e. The molecule has 2 heterocycles. The Balaban J connectivity index is 1.89. The number of amides is 1. The van der Waals surface area contributed by atoms with E-state index >= 15 is 0 Å². The SMILES string of the molecule is CCc1cc(=O)c2cc(NC(=O)c3ccc([N+](=O)[O-])o3)ccc2[nH]1. The number of aryl methyl sites for hydroxylation is 1. The minimum absolute atomic E-state index is 0.148. The van der Waals surface area contributed by atoms with Crippen molar-refractivity contribution in [3.8, 4) is 0 Å². The van der Waals surface area contributed by atoms with E-state index in [4.69, 9.17) is 4.42 Å². The number of aromatic nitrogens is 1. The minimum atomic E-state index is -0.725. The van der Waals surface area contributed by atoms with Crippen LogP contribution in [-0.4, -0.2) is 15.8 Å². The number of furan rings is 1. The van der Waals surface area contributed by atoms with Gasteiger partial charge in [-0.2, -0.15) is 0 Å². The number of nitro groups is 1. The lowest BCUT2D eigenvalue weighted by molar-refractivity contribution is -0.402. The number of anilines is 1. The quantitative estimate of drug-likeness (QED) is 0.564. The van der Waals surface area contributed by atoms with E-state index in [1.807, 2.05) is 6.92 Å². The van der Waals surface area contributed by atoms with Gasteiger partial charge in [0.25, 0.3) is 5.91 Å². The van der Waals surface area contributed by atoms with Crippen LogP contribution in [0.4, 0.5) is 11.6 Å². The predicted octanol–water partition coefficient (Wildman–Crippen LogP) is 2.84. The third-order valence-electron chi connectivity index (χ3n) is 3.52. The number of aromatic amines is 1. The van der Waals surface area contributed by atoms with Gasteiger partial charge < -0.3 is 14.7 Å². The number of carbonyl (C=O) groups excluding carboxylic acids is 1. The molecule has 24 heavy (non-hydrogen) atoms. The average molecular weight is 327 g/mol. The van der Waals surface area contributed by atoms with Crippen molar-refractivity contribution in [1.82, 2.24) is 4.98 Å². The largest absolute Gasteiger partial charge is 0.433 e. The molecule has 2 N–H and O–H groups in total. The number of benzene rings is 1. The van der Waals surface area contributed by atoms with Crippen LogP contribution in [0.5, 0.6) is 0 Å². The maximum Gasteiger partial charge on any atom is 0.433 e. The van der Waals surface area contributed by atoms with E-state index in [1.54, 1.807) is 18.2 Å². The fraction of sp³-hybridized carbons (Fsp3) is 0.125. The van der Waals surface area contributed by atoms with Crippen molar-refractivity contribution < 1.29 is 14.1 Å². The predicted molar refractivity (Wildman–Crippen MR) is 87.3 cm³/mol. The highest BCUT2D eigenvalue weighted by Gasteiger charge is 2.17. The number of nitrogens with zero attached hydrogens (tertiary/aromatic N) is 1. The number of nitrogens with one attached hydrogen (secondary N) is 2. The molecule has 122 valence electrons. The van der Waals surface area contributed by atoms with E-state index in [9.17, 15) is 19.7 Å². The van der Waals surface area contributed by atoms with Crippen LogP contribution in [0.15, 0.2) is 45.6 Å². The molecule has 0 spiro atoms. The normalized spacial score (nSPS) is 10.7. The van der Waals surface area contributed by atoms with Gasteiger partial charge in [-0.3, -0.25) is 19.7 Å². The zero-order valence-electron chi connectivity index (χ0n) is 12.7. The van der Waals surface area contributed by atoms with Gasteiger partial charge in [0.05, 0.1) is 6.07 Å². The summed E-state index contributed by atoms with van der Waals surface area (Å²) in [6, 6.07) is 8.71. The van der Waals surface area contributed by atoms with Gasteiger partial charge in [-0.05, 0) is 30.7 Å². The number of fused-ring (bicyclic) bond motifs is 1. The molecule has 3 rings (SSSR count). The lowest BCUT2D eigenvalue weighted by Crippen LogP contribution is -2.12. The maximum atomic E-state index is 12.1. The van der Waals surface area contributed by atoms with Gasteiger partial charge in [0.2, 0.25) is 0 Å². The van der Waals surface area contributed by atoms with Crippen LogP contribution < -0.4 is 10.7 Å². The van der Waals surface area contributed by atoms with Gasteiger partial charge in [-0.15, -0.1) is 0 Å². The molecule has 0 radical (unpaired) electrons. The zero-order valence-corrected chi connectivity index (χ0v) is 12.7. The van der Waals surface area contributed by atoms with Gasteiger partial charge in [-0.25, -0.2) is 0 Å². The molecule has 1 amide bonds. The second-order valence-corrected chi connectivity index (χ2v) is 5.12. The number of hydrogen-bond donors (Lipinski definition) is 2. The van der Waals surface area contributed by atoms with Crippen molar-refractivity contribution in [2.45, 2.75) is 13.3 Å². The summed E-state index contributed by atoms with van der Waals surface area (Å²) in [5.74, 6) is -1.33. The summed E-state index contributed by atoms with van der Waals surface area (Å²) in [5.41, 5.74) is 1.74. The van der Waals surface area contributed by atoms with Crippen molar-refractivity contribution in [3.63, 3.8) is 0 Å². The topological polar surface area (TPSA) is 118 Å². The highest BCUT2D eigenvalue weighted by atomic mass is 16.6. The standard InChI is InChI=1S/C16H13N3O5/c1-2-9-8-13(20)11-7-10(3-4-12(11)17-9)18-16(21)14-5-6-15(24-14)19(22)23/h3-8H,2H2,1H3,(H,17,20)(H,18,21). The van der Waals surface area contributed by atoms with Crippen molar-refractivity contribution in [2.75, 3.05) is 5.32 Å². The van der Waals surface area contributed by atoms with Crippen LogP contribution in [0, 0.1) is 10.1 Å². The first-order chi connectivity index (χ1) is 11.5. The third-order valence-corrected chi connectivity index (χ3v) is 3.52. The molecular formula is C16H13N3O5. The van der Waals surface area contributed by atoms with E-state index in [1.165, 1.54) is 12.1 Å². The fourth-order valence-electron chi connectivity index (χ4n) is 2.31. The Hall–Kier alpha value is -3.42. The Morgan fingerprint density at radius 3 is 2.75 bits per heavy atom. The monoisotopic (exact) mass is 327 g/mol. The molecule has 0 saturated heterocycles. The number of rotatable bonds is 4. The Bertz CT molecular complexity index is 1000. The first kappa shape index (κ1) is 15.5. The third kappa shape index (κ3) is 2.89. The van der Waals surface area contributed by atoms with E-state index in [0.717, 1.165) is 11.8 Å². The Morgan fingerprint density at radius 2 is 2.08 bits per heavy atom. The minimum Gasteiger partial charge on any atom is -0.395 e. The van der Waals surface area contributed by atoms with Crippen LogP contribution in [-0.2, 0) is 6.42 Å². The zero-order chi connectivity index (χ0) is 17.3. The van der Waals surface area contributed by atoms with E-state index < -0.39 is 16.7 Å². The Kier molecular flexibility index (Phi) is 3.87. The molecular weight excluding hydrogens is 314 g/mol. The molecule has 8 heteroatoms. The van der Waals surface area contributed by atoms with Crippen molar-refractivity contribution in [1.29, 1.82) is 0 Å². The van der Waals surface area contributed by atoms with E-state index in [-0.39, 0.29) is 11.2 Å². The van der Waals surface area contributed by atoms with E-state index in [0.29, 0.717) is 23.0 Å². The highest BCUT2D eigenvalue weighted by molar-refractivity contribution is 6.03. The van der Waals surface area contributed by atoms with Gasteiger partial charge in [0.15, 0.2) is 11.2 Å². The lowest BCUT2D eigenvalue weighted by Gasteiger charge is -2.06. The second-order valence-electron chi connectivity index (χ2n) is 5.12. The summed E-state index contributed by atoms with van der Waals surface area (Å²) >= 11 is 0. The van der Waals surface area contributed by atoms with Crippen LogP contribution in [0.1, 0.15) is 23.2 Å². The lowest BCUT2D eigenvalue weighted by atomic mass is 10.1. The Labute approximate surface area is 135 Å². The molecule has 8 nitrogen and oxygen atoms in total. The van der Waals surface area contributed by atoms with Gasteiger partial charge >= 0.3 is 5.88 Å². The summed E-state index contributed by atoms with van der Waals surface area (Å²) in [4.78, 5) is 37.2. The second kappa shape index (κ2) is 5.99. The fourth-order valence-corrected chi connectivity index (χ4v) is 2.31. The molecule has 0 bridgehead atoms. The average Bonchev–Trinajstić information content (AvgIpc) is 3.05. The summed E-state index contributed by atoms with van der Waals surface area (Å²) in [6.45, 7) is 1.94. The number of hydrogen-bond acceptors (Lipinski definition) is 5. The van der Waals surface area contributed by atoms with Crippen molar-refractivity contribution >= 4 is 28.4 Å². The summed E-state index contributed by atoms with van der Waals surface area (Å²) in [6.07, 6.45) is 0.709. The van der Waals surface area contributed by atoms with Crippen molar-refractivity contribution in [3.05, 3.63) is 68.2 Å². The van der Waals surface area contributed by atoms with Gasteiger partial charge in [0.1, 0.15) is 4.92 Å². The van der Waals surface area contributed by atoms with Gasteiger partial charge in [0, 0.05) is 28.4 Å². The van der Waals surface area contributed by atoms with Crippen molar-refractivity contribution in [2.24, 2.45) is 0 Å². The van der Waals surface area contributed by atoms with Crippen LogP contribution in [0.2, 0.25) is 0 Å². The molecule has 2 aromatic heterocycles. The molecule has 1 aromatic carbocycles. The summed E-state index contributed by atoms with van der Waals surface area (Å²) in [7, 11) is 0. The van der Waals surface area contributed by atoms with Crippen LogP contribution in [0.25, 0.3) is 10.9 Å². The number of pyridine rings is 1. The molecule has 0 atom stereocenters. The molecule has 0 fully saturated rings.